The van der Waals surface area contributed by atoms with Gasteiger partial charge in [0.25, 0.3) is 0 Å². The Morgan fingerprint density at radius 2 is 1.75 bits per heavy atom. The second-order valence-corrected chi connectivity index (χ2v) is 7.35. The summed E-state index contributed by atoms with van der Waals surface area (Å²) in [4.78, 5) is 17.7. The Bertz CT molecular complexity index is 1060. The number of aromatic hydroxyl groups is 1. The van der Waals surface area contributed by atoms with Gasteiger partial charge in [-0.05, 0) is 55.0 Å². The van der Waals surface area contributed by atoms with Crippen LogP contribution in [0.3, 0.4) is 0 Å². The van der Waals surface area contributed by atoms with Crippen LogP contribution in [0, 0.1) is 6.92 Å². The smallest absolute Gasteiger partial charge is 0.249 e. The van der Waals surface area contributed by atoms with Crippen molar-refractivity contribution in [3.8, 4) is 5.75 Å². The van der Waals surface area contributed by atoms with Crippen LogP contribution in [0.5, 0.6) is 5.75 Å². The van der Waals surface area contributed by atoms with Gasteiger partial charge in [-0.1, -0.05) is 41.4 Å². The van der Waals surface area contributed by atoms with Gasteiger partial charge in [-0.2, -0.15) is 0 Å². The summed E-state index contributed by atoms with van der Waals surface area (Å²) in [6.45, 7) is 2.03. The lowest BCUT2D eigenvalue weighted by Gasteiger charge is -2.11. The van der Waals surface area contributed by atoms with Crippen molar-refractivity contribution in [3.63, 3.8) is 0 Å². The SMILES string of the molecule is Cc1ccc(CC2N=C(c3ccc(O)cc3)c3cc(Cl)ccc3NC2=O)cc1. The topological polar surface area (TPSA) is 61.7 Å². The number of fused-ring (bicyclic) bond motifs is 1. The molecule has 3 aromatic rings. The van der Waals surface area contributed by atoms with E-state index in [1.165, 1.54) is 5.56 Å². The number of carbonyl (C=O) groups is 1. The largest absolute Gasteiger partial charge is 0.508 e. The molecule has 1 atom stereocenters. The number of halogens is 1. The Labute approximate surface area is 168 Å². The van der Waals surface area contributed by atoms with E-state index in [4.69, 9.17) is 16.6 Å². The van der Waals surface area contributed by atoms with E-state index in [0.717, 1.165) is 16.7 Å². The van der Waals surface area contributed by atoms with Crippen LogP contribution >= 0.6 is 11.6 Å². The fourth-order valence-corrected chi connectivity index (χ4v) is 3.43. The number of benzodiazepines with no additional fused rings is 1. The number of aliphatic imine (C=N–C) groups is 1. The lowest BCUT2D eigenvalue weighted by atomic mass is 10.00. The molecule has 140 valence electrons. The molecule has 1 heterocycles. The van der Waals surface area contributed by atoms with E-state index >= 15 is 0 Å². The van der Waals surface area contributed by atoms with Crippen molar-refractivity contribution in [1.82, 2.24) is 0 Å². The van der Waals surface area contributed by atoms with Crippen molar-refractivity contribution in [3.05, 3.63) is 94.0 Å². The zero-order valence-electron chi connectivity index (χ0n) is 15.3. The van der Waals surface area contributed by atoms with Crippen LogP contribution < -0.4 is 5.32 Å². The molecular formula is C23H19ClN2O2. The third-order valence-corrected chi connectivity index (χ3v) is 5.01. The number of nitrogens with zero attached hydrogens (tertiary/aromatic N) is 1. The summed E-state index contributed by atoms with van der Waals surface area (Å²) in [6.07, 6.45) is 0.495. The molecule has 0 aromatic heterocycles. The van der Waals surface area contributed by atoms with Crippen LogP contribution in [0.15, 0.2) is 71.7 Å². The monoisotopic (exact) mass is 390 g/mol. The fraction of sp³-hybridized carbons (Fsp3) is 0.130. The van der Waals surface area contributed by atoms with E-state index in [2.05, 4.69) is 5.32 Å². The Kier molecular flexibility index (Phi) is 4.88. The number of hydrogen-bond donors (Lipinski definition) is 2. The Balaban J connectivity index is 1.81. The highest BCUT2D eigenvalue weighted by Gasteiger charge is 2.26. The van der Waals surface area contributed by atoms with Gasteiger partial charge in [0.05, 0.1) is 11.4 Å². The summed E-state index contributed by atoms with van der Waals surface area (Å²) in [5, 5.41) is 13.2. The Morgan fingerprint density at radius 3 is 2.46 bits per heavy atom. The molecule has 4 nitrogen and oxygen atoms in total. The highest BCUT2D eigenvalue weighted by molar-refractivity contribution is 6.32. The quantitative estimate of drug-likeness (QED) is 0.677. The van der Waals surface area contributed by atoms with E-state index < -0.39 is 6.04 Å². The van der Waals surface area contributed by atoms with Gasteiger partial charge in [0.1, 0.15) is 11.8 Å². The van der Waals surface area contributed by atoms with Crippen LogP contribution in [-0.4, -0.2) is 22.8 Å². The predicted molar refractivity (Wildman–Crippen MR) is 112 cm³/mol. The van der Waals surface area contributed by atoms with Crippen molar-refractivity contribution in [2.75, 3.05) is 5.32 Å². The van der Waals surface area contributed by atoms with E-state index in [-0.39, 0.29) is 11.7 Å². The molecule has 0 spiro atoms. The molecule has 0 radical (unpaired) electrons. The molecule has 3 aromatic carbocycles. The van der Waals surface area contributed by atoms with Gasteiger partial charge in [-0.3, -0.25) is 9.79 Å². The van der Waals surface area contributed by atoms with Crippen molar-refractivity contribution in [1.29, 1.82) is 0 Å². The minimum Gasteiger partial charge on any atom is -0.508 e. The van der Waals surface area contributed by atoms with Crippen molar-refractivity contribution < 1.29 is 9.90 Å². The summed E-state index contributed by atoms with van der Waals surface area (Å²) >= 11 is 6.22. The summed E-state index contributed by atoms with van der Waals surface area (Å²) in [7, 11) is 0. The van der Waals surface area contributed by atoms with E-state index in [0.29, 0.717) is 22.8 Å². The molecule has 28 heavy (non-hydrogen) atoms. The summed E-state index contributed by atoms with van der Waals surface area (Å²) in [6, 6.07) is 19.7. The first-order chi connectivity index (χ1) is 13.5. The number of phenolic OH excluding ortho intramolecular Hbond substituents is 1. The first-order valence-corrected chi connectivity index (χ1v) is 9.41. The number of phenols is 1. The Hall–Kier alpha value is -3.11. The first kappa shape index (κ1) is 18.3. The highest BCUT2D eigenvalue weighted by Crippen LogP contribution is 2.28. The molecule has 1 aliphatic rings. The van der Waals surface area contributed by atoms with Gasteiger partial charge in [-0.15, -0.1) is 0 Å². The van der Waals surface area contributed by atoms with Crippen LogP contribution in [0.4, 0.5) is 5.69 Å². The van der Waals surface area contributed by atoms with Gasteiger partial charge in [0, 0.05) is 22.6 Å². The molecule has 0 aliphatic carbocycles. The van der Waals surface area contributed by atoms with Crippen molar-refractivity contribution in [2.24, 2.45) is 4.99 Å². The van der Waals surface area contributed by atoms with Crippen LogP contribution in [0.25, 0.3) is 0 Å². The molecule has 0 bridgehead atoms. The predicted octanol–water partition coefficient (Wildman–Crippen LogP) is 4.75. The van der Waals surface area contributed by atoms with Crippen molar-refractivity contribution >= 4 is 28.9 Å². The summed E-state index contributed by atoms with van der Waals surface area (Å²) < 4.78 is 0. The second-order valence-electron chi connectivity index (χ2n) is 6.91. The number of aryl methyl sites for hydroxylation is 1. The minimum atomic E-state index is -0.572. The maximum Gasteiger partial charge on any atom is 0.249 e. The average Bonchev–Trinajstić information content (AvgIpc) is 2.81. The van der Waals surface area contributed by atoms with Gasteiger partial charge in [0.2, 0.25) is 5.91 Å². The van der Waals surface area contributed by atoms with Gasteiger partial charge in [0.15, 0.2) is 0 Å². The number of nitrogens with one attached hydrogen (secondary N) is 1. The molecule has 1 unspecified atom stereocenters. The zero-order valence-corrected chi connectivity index (χ0v) is 16.1. The number of hydrogen-bond acceptors (Lipinski definition) is 3. The third-order valence-electron chi connectivity index (χ3n) is 4.77. The number of rotatable bonds is 3. The molecule has 2 N–H and O–H groups in total. The maximum atomic E-state index is 12.9. The van der Waals surface area contributed by atoms with Gasteiger partial charge < -0.3 is 10.4 Å². The van der Waals surface area contributed by atoms with E-state index in [9.17, 15) is 9.90 Å². The second kappa shape index (κ2) is 7.49. The molecule has 4 rings (SSSR count). The maximum absolute atomic E-state index is 12.9. The molecular weight excluding hydrogens is 372 g/mol. The number of amides is 1. The van der Waals surface area contributed by atoms with Gasteiger partial charge >= 0.3 is 0 Å². The fourth-order valence-electron chi connectivity index (χ4n) is 3.26. The highest BCUT2D eigenvalue weighted by atomic mass is 35.5. The first-order valence-electron chi connectivity index (χ1n) is 9.03. The number of benzene rings is 3. The Morgan fingerprint density at radius 1 is 1.04 bits per heavy atom. The van der Waals surface area contributed by atoms with Gasteiger partial charge in [-0.25, -0.2) is 0 Å². The number of anilines is 1. The normalized spacial score (nSPS) is 16.0. The molecule has 0 saturated carbocycles. The van der Waals surface area contributed by atoms with Crippen molar-refractivity contribution in [2.45, 2.75) is 19.4 Å². The number of carbonyl (C=O) groups excluding carboxylic acids is 1. The molecule has 5 heteroatoms. The van der Waals surface area contributed by atoms with E-state index in [1.54, 1.807) is 42.5 Å². The van der Waals surface area contributed by atoms with E-state index in [1.807, 2.05) is 31.2 Å². The molecule has 0 fully saturated rings. The standard InChI is InChI=1S/C23H19ClN2O2/c1-14-2-4-15(5-3-14)12-21-23(28)26-20-11-8-17(24)13-19(20)22(25-21)16-6-9-18(27)10-7-16/h2-11,13,21,27H,12H2,1H3,(H,26,28). The molecule has 1 amide bonds. The zero-order chi connectivity index (χ0) is 19.7. The summed E-state index contributed by atoms with van der Waals surface area (Å²) in [5.74, 6) is 0.0209. The summed E-state index contributed by atoms with van der Waals surface area (Å²) in [5.41, 5.74) is 5.14. The van der Waals surface area contributed by atoms with Crippen LogP contribution in [0.2, 0.25) is 5.02 Å². The lowest BCUT2D eigenvalue weighted by molar-refractivity contribution is -0.117. The molecule has 1 aliphatic heterocycles. The van der Waals surface area contributed by atoms with Crippen LogP contribution in [0.1, 0.15) is 22.3 Å². The lowest BCUT2D eigenvalue weighted by Crippen LogP contribution is -2.27. The molecule has 0 saturated heterocycles. The van der Waals surface area contributed by atoms with Crippen LogP contribution in [-0.2, 0) is 11.2 Å². The minimum absolute atomic E-state index is 0.155. The third kappa shape index (κ3) is 3.78. The average molecular weight is 391 g/mol.